The van der Waals surface area contributed by atoms with Crippen LogP contribution in [-0.4, -0.2) is 32.9 Å². The first-order valence-electron chi connectivity index (χ1n) is 6.25. The summed E-state index contributed by atoms with van der Waals surface area (Å²) in [6, 6.07) is 3.52. The van der Waals surface area contributed by atoms with E-state index in [1.54, 1.807) is 6.07 Å². The maximum atomic E-state index is 12.5. The van der Waals surface area contributed by atoms with Crippen LogP contribution in [0.15, 0.2) is 16.3 Å². The van der Waals surface area contributed by atoms with Gasteiger partial charge in [-0.05, 0) is 37.9 Å². The third kappa shape index (κ3) is 3.57. The highest BCUT2D eigenvalue weighted by Gasteiger charge is 2.32. The van der Waals surface area contributed by atoms with Crippen molar-refractivity contribution < 1.29 is 8.42 Å². The van der Waals surface area contributed by atoms with Gasteiger partial charge in [-0.15, -0.1) is 17.8 Å². The van der Waals surface area contributed by atoms with Crippen LogP contribution in [0.2, 0.25) is 0 Å². The molecular weight excluding hydrogens is 280 g/mol. The van der Waals surface area contributed by atoms with Crippen LogP contribution in [0.1, 0.15) is 17.7 Å². The predicted molar refractivity (Wildman–Crippen MR) is 77.4 cm³/mol. The Morgan fingerprint density at radius 1 is 1.53 bits per heavy atom. The Balaban J connectivity index is 2.19. The highest BCUT2D eigenvalue weighted by atomic mass is 32.2. The highest BCUT2D eigenvalue weighted by molar-refractivity contribution is 7.91. The molecule has 2 rings (SSSR count). The Hall–Kier alpha value is -0.870. The van der Waals surface area contributed by atoms with Crippen molar-refractivity contribution in [3.63, 3.8) is 0 Å². The Labute approximate surface area is 118 Å². The summed E-state index contributed by atoms with van der Waals surface area (Å²) in [5.74, 6) is 2.93. The number of nitrogens with zero attached hydrogens (tertiary/aromatic N) is 1. The molecule has 0 bridgehead atoms. The zero-order valence-corrected chi connectivity index (χ0v) is 12.6. The number of sulfonamides is 1. The summed E-state index contributed by atoms with van der Waals surface area (Å²) in [6.07, 6.45) is 7.50. The van der Waals surface area contributed by atoms with Crippen LogP contribution < -0.4 is 5.32 Å². The van der Waals surface area contributed by atoms with E-state index in [0.29, 0.717) is 23.2 Å². The number of thiophene rings is 1. The van der Waals surface area contributed by atoms with Crippen molar-refractivity contribution in [2.75, 3.05) is 20.1 Å². The molecule has 1 fully saturated rings. The summed E-state index contributed by atoms with van der Waals surface area (Å²) in [6.45, 7) is 1.38. The zero-order chi connectivity index (χ0) is 13.9. The van der Waals surface area contributed by atoms with E-state index >= 15 is 0 Å². The van der Waals surface area contributed by atoms with Crippen molar-refractivity contribution in [3.05, 3.63) is 17.0 Å². The maximum absolute atomic E-state index is 12.5. The van der Waals surface area contributed by atoms with Crippen LogP contribution in [0.4, 0.5) is 0 Å². The fourth-order valence-electron chi connectivity index (χ4n) is 1.83. The van der Waals surface area contributed by atoms with Gasteiger partial charge in [0.05, 0.1) is 6.54 Å². The molecule has 0 aliphatic heterocycles. The molecule has 1 heterocycles. The van der Waals surface area contributed by atoms with Gasteiger partial charge in [0.1, 0.15) is 4.21 Å². The van der Waals surface area contributed by atoms with Crippen LogP contribution in [0.25, 0.3) is 0 Å². The molecule has 6 heteroatoms. The number of nitrogens with one attached hydrogen (secondary N) is 1. The van der Waals surface area contributed by atoms with Gasteiger partial charge in [-0.25, -0.2) is 8.42 Å². The third-order valence-corrected chi connectivity index (χ3v) is 6.37. The molecular formula is C13H18N2O2S2. The first-order valence-corrected chi connectivity index (χ1v) is 8.50. The van der Waals surface area contributed by atoms with E-state index < -0.39 is 10.0 Å². The highest BCUT2D eigenvalue weighted by Crippen LogP contribution is 2.32. The monoisotopic (exact) mass is 298 g/mol. The molecule has 1 saturated carbocycles. The molecule has 0 spiro atoms. The Kier molecular flexibility index (Phi) is 4.63. The summed E-state index contributed by atoms with van der Waals surface area (Å²) in [4.78, 5) is 1.01. The van der Waals surface area contributed by atoms with Gasteiger partial charge in [0.15, 0.2) is 0 Å². The van der Waals surface area contributed by atoms with E-state index in [1.165, 1.54) is 15.6 Å². The minimum atomic E-state index is -3.43. The number of terminal acetylenes is 1. The minimum Gasteiger partial charge on any atom is -0.315 e. The van der Waals surface area contributed by atoms with E-state index in [4.69, 9.17) is 6.42 Å². The largest absolute Gasteiger partial charge is 0.315 e. The zero-order valence-electron chi connectivity index (χ0n) is 10.9. The summed E-state index contributed by atoms with van der Waals surface area (Å²) in [7, 11) is -1.60. The summed E-state index contributed by atoms with van der Waals surface area (Å²) in [5, 5.41) is 3.02. The maximum Gasteiger partial charge on any atom is 0.253 e. The van der Waals surface area contributed by atoms with Gasteiger partial charge >= 0.3 is 0 Å². The van der Waals surface area contributed by atoms with Crippen LogP contribution in [-0.2, 0) is 16.6 Å². The summed E-state index contributed by atoms with van der Waals surface area (Å²) >= 11 is 1.31. The summed E-state index contributed by atoms with van der Waals surface area (Å²) in [5.41, 5.74) is 0. The topological polar surface area (TPSA) is 49.4 Å². The molecule has 0 saturated heterocycles. The number of hydrogen-bond donors (Lipinski definition) is 1. The van der Waals surface area contributed by atoms with Crippen LogP contribution in [0, 0.1) is 18.3 Å². The fraction of sp³-hybridized carbons (Fsp3) is 0.538. The average molecular weight is 298 g/mol. The Morgan fingerprint density at radius 2 is 2.26 bits per heavy atom. The van der Waals surface area contributed by atoms with Crippen molar-refractivity contribution in [3.8, 4) is 12.3 Å². The van der Waals surface area contributed by atoms with Gasteiger partial charge < -0.3 is 5.32 Å². The van der Waals surface area contributed by atoms with Crippen molar-refractivity contribution in [2.45, 2.75) is 23.6 Å². The van der Waals surface area contributed by atoms with Gasteiger partial charge in [-0.3, -0.25) is 0 Å². The smallest absolute Gasteiger partial charge is 0.253 e. The molecule has 1 N–H and O–H groups in total. The molecule has 1 aliphatic rings. The van der Waals surface area contributed by atoms with Crippen molar-refractivity contribution in [1.29, 1.82) is 0 Å². The first-order chi connectivity index (χ1) is 9.07. The molecule has 0 aromatic carbocycles. The van der Waals surface area contributed by atoms with Gasteiger partial charge in [0.25, 0.3) is 10.0 Å². The lowest BCUT2D eigenvalue weighted by Gasteiger charge is -2.18. The van der Waals surface area contributed by atoms with Crippen LogP contribution in [0.3, 0.4) is 0 Å². The van der Waals surface area contributed by atoms with Gasteiger partial charge in [0, 0.05) is 18.0 Å². The standard InChI is InChI=1S/C13H18N2O2S2/c1-3-8-15(10-11-4-5-11)19(16,17)13-7-6-12(18-13)9-14-2/h1,6-7,11,14H,4-5,8-10H2,2H3. The van der Waals surface area contributed by atoms with Gasteiger partial charge in [-0.2, -0.15) is 4.31 Å². The second kappa shape index (κ2) is 6.06. The van der Waals surface area contributed by atoms with Crippen molar-refractivity contribution in [1.82, 2.24) is 9.62 Å². The molecule has 1 aliphatic carbocycles. The van der Waals surface area contributed by atoms with E-state index in [-0.39, 0.29) is 6.54 Å². The van der Waals surface area contributed by atoms with Crippen molar-refractivity contribution in [2.24, 2.45) is 5.92 Å². The Morgan fingerprint density at radius 3 is 2.84 bits per heavy atom. The second-order valence-electron chi connectivity index (χ2n) is 4.70. The molecule has 4 nitrogen and oxygen atoms in total. The predicted octanol–water partition coefficient (Wildman–Crippen LogP) is 1.50. The number of hydrogen-bond acceptors (Lipinski definition) is 4. The lowest BCUT2D eigenvalue weighted by atomic mass is 10.4. The molecule has 0 atom stereocenters. The lowest BCUT2D eigenvalue weighted by molar-refractivity contribution is 0.431. The van der Waals surface area contributed by atoms with Crippen LogP contribution in [0.5, 0.6) is 0 Å². The summed E-state index contributed by atoms with van der Waals surface area (Å²) < 4.78 is 26.9. The Bertz CT molecular complexity index is 568. The quantitative estimate of drug-likeness (QED) is 0.776. The number of rotatable bonds is 7. The molecule has 0 unspecified atom stereocenters. The van der Waals surface area contributed by atoms with E-state index in [9.17, 15) is 8.42 Å². The first kappa shape index (κ1) is 14.5. The second-order valence-corrected chi connectivity index (χ2v) is 8.03. The average Bonchev–Trinajstić information content (AvgIpc) is 3.05. The lowest BCUT2D eigenvalue weighted by Crippen LogP contribution is -2.32. The van der Waals surface area contributed by atoms with E-state index in [2.05, 4.69) is 11.2 Å². The molecule has 0 amide bonds. The molecule has 0 radical (unpaired) electrons. The normalized spacial score (nSPS) is 15.6. The van der Waals surface area contributed by atoms with Crippen LogP contribution >= 0.6 is 11.3 Å². The SMILES string of the molecule is C#CCN(CC1CC1)S(=O)(=O)c1ccc(CNC)s1. The third-order valence-electron chi connectivity index (χ3n) is 3.01. The minimum absolute atomic E-state index is 0.151. The van der Waals surface area contributed by atoms with Crippen molar-refractivity contribution >= 4 is 21.4 Å². The fourth-order valence-corrected chi connectivity index (χ4v) is 4.78. The van der Waals surface area contributed by atoms with E-state index in [0.717, 1.165) is 17.7 Å². The molecule has 104 valence electrons. The molecule has 1 aromatic heterocycles. The molecule has 1 aromatic rings. The molecule has 19 heavy (non-hydrogen) atoms. The van der Waals surface area contributed by atoms with Gasteiger partial charge in [0.2, 0.25) is 0 Å². The van der Waals surface area contributed by atoms with Gasteiger partial charge in [-0.1, -0.05) is 5.92 Å². The van der Waals surface area contributed by atoms with E-state index in [1.807, 2.05) is 13.1 Å².